The van der Waals surface area contributed by atoms with Gasteiger partial charge in [0.25, 0.3) is 0 Å². The number of rotatable bonds is 6. The van der Waals surface area contributed by atoms with E-state index in [2.05, 4.69) is 4.98 Å². The van der Waals surface area contributed by atoms with Crippen molar-refractivity contribution >= 4 is 11.0 Å². The lowest BCUT2D eigenvalue weighted by atomic mass is 10.0. The molecule has 0 aromatic carbocycles. The van der Waals surface area contributed by atoms with E-state index in [1.165, 1.54) is 6.07 Å². The van der Waals surface area contributed by atoms with Crippen molar-refractivity contribution in [3.63, 3.8) is 0 Å². The van der Waals surface area contributed by atoms with Crippen LogP contribution in [0.15, 0.2) is 12.1 Å². The van der Waals surface area contributed by atoms with Gasteiger partial charge >= 0.3 is 6.18 Å². The van der Waals surface area contributed by atoms with E-state index in [1.54, 1.807) is 19.9 Å². The topological polar surface area (TPSA) is 65.2 Å². The summed E-state index contributed by atoms with van der Waals surface area (Å²) in [7, 11) is -1.40. The summed E-state index contributed by atoms with van der Waals surface area (Å²) in [6, 6.07) is 3.10. The Labute approximate surface area is 124 Å². The number of nitrogens with zero attached hydrogens (tertiary/aromatic N) is 1. The van der Waals surface area contributed by atoms with Crippen molar-refractivity contribution in [3.05, 3.63) is 23.5 Å². The third kappa shape index (κ3) is 6.01. The Morgan fingerprint density at radius 1 is 1.38 bits per heavy atom. The number of halogens is 3. The van der Waals surface area contributed by atoms with Crippen molar-refractivity contribution in [1.82, 2.24) is 4.98 Å². The minimum atomic E-state index is -4.38. The first-order chi connectivity index (χ1) is 9.60. The van der Waals surface area contributed by atoms with Gasteiger partial charge in [-0.15, -0.1) is 0 Å². The number of hydrogen-bond acceptors (Lipinski definition) is 3. The monoisotopic (exact) mass is 324 g/mol. The molecule has 1 aromatic heterocycles. The van der Waals surface area contributed by atoms with E-state index in [-0.39, 0.29) is 16.9 Å². The molecule has 4 nitrogen and oxygen atoms in total. The molecule has 0 aliphatic carbocycles. The maximum absolute atomic E-state index is 12.1. The summed E-state index contributed by atoms with van der Waals surface area (Å²) in [6.07, 6.45) is -3.79. The fourth-order valence-corrected chi connectivity index (χ4v) is 2.35. The Morgan fingerprint density at radius 3 is 2.48 bits per heavy atom. The van der Waals surface area contributed by atoms with Crippen LogP contribution in [0.2, 0.25) is 0 Å². The number of aromatic nitrogens is 1. The molecular weight excluding hydrogens is 305 g/mol. The van der Waals surface area contributed by atoms with Crippen LogP contribution in [-0.2, 0) is 11.0 Å². The largest absolute Gasteiger partial charge is 0.482 e. The molecule has 8 heteroatoms. The molecule has 0 saturated carbocycles. The first-order valence-electron chi connectivity index (χ1n) is 6.42. The van der Waals surface area contributed by atoms with E-state index >= 15 is 0 Å². The van der Waals surface area contributed by atoms with E-state index in [4.69, 9.17) is 9.88 Å². The van der Waals surface area contributed by atoms with E-state index in [9.17, 15) is 17.4 Å². The predicted octanol–water partition coefficient (Wildman–Crippen LogP) is 2.84. The predicted molar refractivity (Wildman–Crippen MR) is 75.3 cm³/mol. The molecule has 0 saturated heterocycles. The molecule has 3 atom stereocenters. The molecule has 0 amide bonds. The number of nitrogens with two attached hydrogens (primary N) is 1. The SMILES string of the molecule is Cc1nc([C@H](C)CC(C)S(N)=O)ccc1OCC(F)(F)F. The first-order valence-corrected chi connectivity index (χ1v) is 7.70. The van der Waals surface area contributed by atoms with Gasteiger partial charge in [0.1, 0.15) is 5.75 Å². The Kier molecular flexibility index (Phi) is 6.15. The minimum absolute atomic E-state index is 0.00265. The van der Waals surface area contributed by atoms with Crippen molar-refractivity contribution in [2.45, 2.75) is 44.5 Å². The van der Waals surface area contributed by atoms with Crippen molar-refractivity contribution in [2.75, 3.05) is 6.61 Å². The summed E-state index contributed by atoms with van der Waals surface area (Å²) in [5, 5.41) is 5.14. The first kappa shape index (κ1) is 17.9. The van der Waals surface area contributed by atoms with Gasteiger partial charge in [0.2, 0.25) is 0 Å². The summed E-state index contributed by atoms with van der Waals surface area (Å²) < 4.78 is 52.2. The smallest absolute Gasteiger partial charge is 0.422 e. The lowest BCUT2D eigenvalue weighted by molar-refractivity contribution is -0.153. The molecule has 1 rings (SSSR count). The van der Waals surface area contributed by atoms with Gasteiger partial charge < -0.3 is 4.74 Å². The fraction of sp³-hybridized carbons (Fsp3) is 0.615. The van der Waals surface area contributed by atoms with Gasteiger partial charge in [-0.2, -0.15) is 13.2 Å². The van der Waals surface area contributed by atoms with Crippen LogP contribution in [0.5, 0.6) is 5.75 Å². The second kappa shape index (κ2) is 7.22. The van der Waals surface area contributed by atoms with Gasteiger partial charge in [0.15, 0.2) is 6.61 Å². The highest BCUT2D eigenvalue weighted by Gasteiger charge is 2.28. The highest BCUT2D eigenvalue weighted by atomic mass is 32.2. The van der Waals surface area contributed by atoms with Crippen molar-refractivity contribution < 1.29 is 22.1 Å². The van der Waals surface area contributed by atoms with Crippen LogP contribution in [-0.4, -0.2) is 27.2 Å². The number of pyridine rings is 1. The number of ether oxygens (including phenoxy) is 1. The quantitative estimate of drug-likeness (QED) is 0.875. The fourth-order valence-electron chi connectivity index (χ4n) is 1.87. The summed E-state index contributed by atoms with van der Waals surface area (Å²) in [6.45, 7) is 3.93. The third-order valence-corrected chi connectivity index (χ3v) is 4.02. The molecule has 0 fully saturated rings. The minimum Gasteiger partial charge on any atom is -0.482 e. The Hall–Kier alpha value is -1.15. The molecule has 0 aliphatic heterocycles. The summed E-state index contributed by atoms with van der Waals surface area (Å²) in [5.41, 5.74) is 1.11. The molecule has 0 spiro atoms. The zero-order valence-electron chi connectivity index (χ0n) is 12.1. The Bertz CT molecular complexity index is 509. The number of hydrogen-bond donors (Lipinski definition) is 1. The van der Waals surface area contributed by atoms with Gasteiger partial charge in [0.05, 0.1) is 16.7 Å². The van der Waals surface area contributed by atoms with Gasteiger partial charge in [0, 0.05) is 10.9 Å². The number of alkyl halides is 3. The van der Waals surface area contributed by atoms with Crippen LogP contribution in [0, 0.1) is 6.92 Å². The van der Waals surface area contributed by atoms with Crippen LogP contribution in [0.25, 0.3) is 0 Å². The van der Waals surface area contributed by atoms with Gasteiger partial charge in [-0.05, 0) is 38.3 Å². The molecular formula is C13H19F3N2O2S. The summed E-state index contributed by atoms with van der Waals surface area (Å²) >= 11 is 0. The summed E-state index contributed by atoms with van der Waals surface area (Å²) in [5.74, 6) is 0.113. The van der Waals surface area contributed by atoms with Crippen molar-refractivity contribution in [3.8, 4) is 5.75 Å². The lowest BCUT2D eigenvalue weighted by Gasteiger charge is -2.17. The second-order valence-electron chi connectivity index (χ2n) is 5.00. The van der Waals surface area contributed by atoms with Crippen LogP contribution in [0.4, 0.5) is 13.2 Å². The van der Waals surface area contributed by atoms with Gasteiger partial charge in [-0.3, -0.25) is 10.1 Å². The highest BCUT2D eigenvalue weighted by molar-refractivity contribution is 7.83. The van der Waals surface area contributed by atoms with Gasteiger partial charge in [-0.25, -0.2) is 4.21 Å². The maximum Gasteiger partial charge on any atom is 0.422 e. The standard InChI is InChI=1S/C13H19F3N2O2S/c1-8(6-9(2)21(17)19)11-4-5-12(10(3)18-11)20-7-13(14,15)16/h4-5,8-9H,6-7,17H2,1-3H3/t8-,9?,21?/m1/s1. The zero-order valence-corrected chi connectivity index (χ0v) is 12.9. The molecule has 2 N–H and O–H groups in total. The van der Waals surface area contributed by atoms with Crippen molar-refractivity contribution in [2.24, 2.45) is 5.14 Å². The lowest BCUT2D eigenvalue weighted by Crippen LogP contribution is -2.21. The Morgan fingerprint density at radius 2 is 2.00 bits per heavy atom. The van der Waals surface area contributed by atoms with Crippen LogP contribution >= 0.6 is 0 Å². The van der Waals surface area contributed by atoms with E-state index in [0.29, 0.717) is 17.8 Å². The van der Waals surface area contributed by atoms with Crippen LogP contribution in [0.1, 0.15) is 37.6 Å². The van der Waals surface area contributed by atoms with Crippen LogP contribution < -0.4 is 9.88 Å². The summed E-state index contributed by atoms with van der Waals surface area (Å²) in [4.78, 5) is 4.25. The van der Waals surface area contributed by atoms with E-state index in [0.717, 1.165) is 0 Å². The molecule has 1 aromatic rings. The molecule has 0 aliphatic rings. The van der Waals surface area contributed by atoms with Crippen molar-refractivity contribution in [1.29, 1.82) is 0 Å². The molecule has 120 valence electrons. The molecule has 1 heterocycles. The average molecular weight is 324 g/mol. The molecule has 21 heavy (non-hydrogen) atoms. The maximum atomic E-state index is 12.1. The average Bonchev–Trinajstić information content (AvgIpc) is 2.35. The zero-order chi connectivity index (χ0) is 16.2. The van der Waals surface area contributed by atoms with E-state index < -0.39 is 23.8 Å². The molecule has 0 bridgehead atoms. The Balaban J connectivity index is 2.75. The molecule has 0 radical (unpaired) electrons. The molecule has 2 unspecified atom stereocenters. The third-order valence-electron chi connectivity index (χ3n) is 3.04. The van der Waals surface area contributed by atoms with Crippen LogP contribution in [0.3, 0.4) is 0 Å². The van der Waals surface area contributed by atoms with Gasteiger partial charge in [-0.1, -0.05) is 6.92 Å². The number of aryl methyl sites for hydroxylation is 1. The highest BCUT2D eigenvalue weighted by Crippen LogP contribution is 2.25. The second-order valence-corrected chi connectivity index (χ2v) is 6.46. The normalized spacial score (nSPS) is 16.3. The van der Waals surface area contributed by atoms with E-state index in [1.807, 2.05) is 6.92 Å².